The molecule has 0 spiro atoms. The first-order valence-electron chi connectivity index (χ1n) is 14.1. The molecule has 46 heavy (non-hydrogen) atoms. The molecule has 4 N–H and O–H groups in total. The SMILES string of the molecule is C[C@]1(C(N)=O)COc2c1cc([C@@](O)(CNC(=O)c1cc(OC3CC3)c3ncccc3c1)C(F)(F)F)nc2-c1ccc(F)c(C#N)c1. The molecule has 6 rings (SSSR count). The summed E-state index contributed by atoms with van der Waals surface area (Å²) in [4.78, 5) is 34.1. The molecule has 236 valence electrons. The molecule has 0 radical (unpaired) electrons. The van der Waals surface area contributed by atoms with Crippen molar-refractivity contribution in [3.05, 3.63) is 82.9 Å². The Morgan fingerprint density at radius 2 is 1.98 bits per heavy atom. The maximum atomic E-state index is 14.8. The van der Waals surface area contributed by atoms with Crippen molar-refractivity contribution in [2.24, 2.45) is 5.73 Å². The van der Waals surface area contributed by atoms with Crippen molar-refractivity contribution >= 4 is 22.7 Å². The van der Waals surface area contributed by atoms with E-state index in [1.807, 2.05) is 0 Å². The molecule has 1 aliphatic carbocycles. The fourth-order valence-corrected chi connectivity index (χ4v) is 5.14. The summed E-state index contributed by atoms with van der Waals surface area (Å²) in [5, 5.41) is 23.3. The van der Waals surface area contributed by atoms with Crippen molar-refractivity contribution in [3.8, 4) is 28.8 Å². The largest absolute Gasteiger partial charge is 0.489 e. The van der Waals surface area contributed by atoms with Crippen molar-refractivity contribution in [1.29, 1.82) is 5.26 Å². The van der Waals surface area contributed by atoms with Gasteiger partial charge in [-0.3, -0.25) is 14.6 Å². The van der Waals surface area contributed by atoms with Gasteiger partial charge in [0.25, 0.3) is 5.91 Å². The Hall–Kier alpha value is -5.29. The van der Waals surface area contributed by atoms with Crippen LogP contribution in [0.25, 0.3) is 22.2 Å². The number of halogens is 4. The van der Waals surface area contributed by atoms with Gasteiger partial charge < -0.3 is 25.6 Å². The van der Waals surface area contributed by atoms with Crippen molar-refractivity contribution in [3.63, 3.8) is 0 Å². The van der Waals surface area contributed by atoms with Gasteiger partial charge in [-0.25, -0.2) is 9.37 Å². The predicted molar refractivity (Wildman–Crippen MR) is 154 cm³/mol. The number of primary amides is 1. The third-order valence-electron chi connectivity index (χ3n) is 8.12. The number of nitrogens with two attached hydrogens (primary N) is 1. The molecule has 2 amide bonds. The summed E-state index contributed by atoms with van der Waals surface area (Å²) in [6.45, 7) is -0.388. The number of nitriles is 1. The minimum Gasteiger partial charge on any atom is -0.489 e. The first kappa shape index (κ1) is 30.7. The molecular formula is C32H25F4N5O5. The highest BCUT2D eigenvalue weighted by Gasteiger charge is 2.57. The molecule has 1 aliphatic heterocycles. The zero-order valence-electron chi connectivity index (χ0n) is 24.1. The number of hydrogen-bond donors (Lipinski definition) is 3. The van der Waals surface area contributed by atoms with E-state index in [2.05, 4.69) is 15.3 Å². The maximum Gasteiger partial charge on any atom is 0.424 e. The number of ether oxygens (including phenoxy) is 2. The first-order chi connectivity index (χ1) is 21.7. The fraction of sp³-hybridized carbons (Fsp3) is 0.281. The lowest BCUT2D eigenvalue weighted by molar-refractivity contribution is -0.265. The molecule has 3 heterocycles. The van der Waals surface area contributed by atoms with E-state index in [0.29, 0.717) is 16.7 Å². The first-order valence-corrected chi connectivity index (χ1v) is 14.1. The number of nitrogens with one attached hydrogen (secondary N) is 1. The van der Waals surface area contributed by atoms with Crippen LogP contribution in [0.1, 0.15) is 46.9 Å². The lowest BCUT2D eigenvalue weighted by atomic mass is 9.81. The summed E-state index contributed by atoms with van der Waals surface area (Å²) >= 11 is 0. The molecule has 10 nitrogen and oxygen atoms in total. The molecule has 2 aromatic heterocycles. The van der Waals surface area contributed by atoms with Crippen LogP contribution in [0, 0.1) is 17.1 Å². The minimum absolute atomic E-state index is 0.0219. The highest BCUT2D eigenvalue weighted by atomic mass is 19.4. The minimum atomic E-state index is -5.41. The number of benzene rings is 2. The number of hydrogen-bond acceptors (Lipinski definition) is 8. The van der Waals surface area contributed by atoms with E-state index in [1.54, 1.807) is 24.4 Å². The van der Waals surface area contributed by atoms with Gasteiger partial charge in [-0.2, -0.15) is 18.4 Å². The number of alkyl halides is 3. The van der Waals surface area contributed by atoms with E-state index in [9.17, 15) is 37.5 Å². The number of pyridine rings is 2. The number of rotatable bonds is 8. The van der Waals surface area contributed by atoms with Crippen LogP contribution in [-0.4, -0.2) is 52.3 Å². The van der Waals surface area contributed by atoms with Crippen LogP contribution in [0.4, 0.5) is 17.6 Å². The van der Waals surface area contributed by atoms with Crippen LogP contribution in [0.3, 0.4) is 0 Å². The molecule has 14 heteroatoms. The smallest absolute Gasteiger partial charge is 0.424 e. The normalized spacial score (nSPS) is 18.6. The lowest BCUT2D eigenvalue weighted by Gasteiger charge is -2.31. The Labute approximate surface area is 258 Å². The van der Waals surface area contributed by atoms with E-state index < -0.39 is 52.6 Å². The molecule has 0 unspecified atom stereocenters. The highest BCUT2D eigenvalue weighted by Crippen LogP contribution is 2.48. The maximum absolute atomic E-state index is 14.8. The van der Waals surface area contributed by atoms with Crippen molar-refractivity contribution in [1.82, 2.24) is 15.3 Å². The molecule has 1 saturated carbocycles. The second-order valence-corrected chi connectivity index (χ2v) is 11.4. The predicted octanol–water partition coefficient (Wildman–Crippen LogP) is 4.16. The highest BCUT2D eigenvalue weighted by molar-refractivity contribution is 6.00. The molecule has 0 bridgehead atoms. The molecule has 0 saturated heterocycles. The van der Waals surface area contributed by atoms with E-state index in [0.717, 1.165) is 37.1 Å². The fourth-order valence-electron chi connectivity index (χ4n) is 5.14. The van der Waals surface area contributed by atoms with Crippen LogP contribution in [0.2, 0.25) is 0 Å². The molecule has 4 aromatic rings. The average Bonchev–Trinajstić information content (AvgIpc) is 3.78. The van der Waals surface area contributed by atoms with Gasteiger partial charge in [0, 0.05) is 28.3 Å². The Kier molecular flexibility index (Phi) is 7.31. The van der Waals surface area contributed by atoms with Gasteiger partial charge in [-0.05, 0) is 62.2 Å². The Morgan fingerprint density at radius 1 is 1.22 bits per heavy atom. The Morgan fingerprint density at radius 3 is 2.65 bits per heavy atom. The van der Waals surface area contributed by atoms with Crippen LogP contribution in [0.15, 0.2) is 54.7 Å². The van der Waals surface area contributed by atoms with Crippen molar-refractivity contribution in [2.45, 2.75) is 43.1 Å². The number of carbonyl (C=O) groups is 2. The standard InChI is InChI=1S/C32H25F4N5O5/c1-30(29(38)43)15-45-27-21(30)12-24(41-26(27)17-4-7-22(33)19(10-17)13-37)31(44,32(34,35)36)14-40-28(42)18-9-16-3-2-8-39-25(16)23(11-18)46-20-5-6-20/h2-4,7-12,20,44H,5-6,14-15H2,1H3,(H2,38,43)(H,40,42)/t30-,31-/m0/s1. The van der Waals surface area contributed by atoms with E-state index >= 15 is 0 Å². The average molecular weight is 636 g/mol. The Bertz CT molecular complexity index is 1960. The number of aromatic nitrogens is 2. The number of aliphatic hydroxyl groups is 1. The molecule has 1 fully saturated rings. The van der Waals surface area contributed by atoms with Crippen molar-refractivity contribution in [2.75, 3.05) is 13.2 Å². The third kappa shape index (κ3) is 5.22. The topological polar surface area (TPSA) is 160 Å². The number of amides is 2. The molecule has 2 aromatic carbocycles. The van der Waals surface area contributed by atoms with Gasteiger partial charge in [-0.1, -0.05) is 6.07 Å². The molecular weight excluding hydrogens is 610 g/mol. The van der Waals surface area contributed by atoms with Crippen LogP contribution in [0.5, 0.6) is 11.5 Å². The van der Waals surface area contributed by atoms with Crippen LogP contribution < -0.4 is 20.5 Å². The summed E-state index contributed by atoms with van der Waals surface area (Å²) in [5.74, 6) is -2.58. The van der Waals surface area contributed by atoms with E-state index in [4.69, 9.17) is 15.2 Å². The second kappa shape index (κ2) is 11.0. The monoisotopic (exact) mass is 635 g/mol. The van der Waals surface area contributed by atoms with E-state index in [-0.39, 0.29) is 40.8 Å². The summed E-state index contributed by atoms with van der Waals surface area (Å²) in [6, 6.07) is 11.8. The van der Waals surface area contributed by atoms with Gasteiger partial charge >= 0.3 is 6.18 Å². The third-order valence-corrected chi connectivity index (χ3v) is 8.12. The number of fused-ring (bicyclic) bond motifs is 2. The van der Waals surface area contributed by atoms with Crippen molar-refractivity contribution < 1.29 is 41.7 Å². The Balaban J connectivity index is 1.42. The molecule has 2 atom stereocenters. The zero-order chi connectivity index (χ0) is 33.0. The number of nitrogens with zero attached hydrogens (tertiary/aromatic N) is 3. The summed E-state index contributed by atoms with van der Waals surface area (Å²) < 4.78 is 70.0. The van der Waals surface area contributed by atoms with Gasteiger partial charge in [0.1, 0.15) is 46.6 Å². The van der Waals surface area contributed by atoms with E-state index in [1.165, 1.54) is 19.1 Å². The molecule has 2 aliphatic rings. The van der Waals surface area contributed by atoms with Gasteiger partial charge in [0.15, 0.2) is 0 Å². The summed E-state index contributed by atoms with van der Waals surface area (Å²) in [6.07, 6.45) is -2.29. The van der Waals surface area contributed by atoms with Crippen LogP contribution in [-0.2, 0) is 15.8 Å². The zero-order valence-corrected chi connectivity index (χ0v) is 24.1. The summed E-state index contributed by atoms with van der Waals surface area (Å²) in [5.41, 5.74) is -1.22. The van der Waals surface area contributed by atoms with Crippen LogP contribution >= 0.6 is 0 Å². The van der Waals surface area contributed by atoms with Gasteiger partial charge in [0.2, 0.25) is 11.5 Å². The number of carbonyl (C=O) groups excluding carboxylic acids is 2. The van der Waals surface area contributed by atoms with Gasteiger partial charge in [0.05, 0.1) is 23.9 Å². The quantitative estimate of drug-likeness (QED) is 0.243. The second-order valence-electron chi connectivity index (χ2n) is 11.4. The lowest BCUT2D eigenvalue weighted by Crippen LogP contribution is -2.51. The van der Waals surface area contributed by atoms with Gasteiger partial charge in [-0.15, -0.1) is 0 Å². The summed E-state index contributed by atoms with van der Waals surface area (Å²) in [7, 11) is 0.